The minimum absolute atomic E-state index is 0.0145. The maximum atomic E-state index is 13.5. The Hall–Kier alpha value is -2.87. The van der Waals surface area contributed by atoms with Crippen LogP contribution in [0.2, 0.25) is 0 Å². The van der Waals surface area contributed by atoms with Crippen LogP contribution in [0, 0.1) is 11.8 Å². The zero-order valence-corrected chi connectivity index (χ0v) is 17.4. The molecule has 5 aliphatic rings. The maximum absolute atomic E-state index is 13.5. The Labute approximate surface area is 180 Å². The molecule has 3 amide bonds. The minimum atomic E-state index is -0.795. The highest BCUT2D eigenvalue weighted by Crippen LogP contribution is 2.52. The number of amides is 3. The van der Waals surface area contributed by atoms with E-state index in [1.54, 1.807) is 21.9 Å². The number of rotatable bonds is 2. The molecule has 8 heteroatoms. The van der Waals surface area contributed by atoms with Crippen molar-refractivity contribution in [3.05, 3.63) is 42.0 Å². The van der Waals surface area contributed by atoms with Crippen molar-refractivity contribution >= 4 is 17.7 Å². The molecule has 0 aromatic heterocycles. The van der Waals surface area contributed by atoms with Gasteiger partial charge in [-0.3, -0.25) is 14.4 Å². The van der Waals surface area contributed by atoms with Crippen LogP contribution in [0.4, 0.5) is 0 Å². The van der Waals surface area contributed by atoms with Crippen LogP contribution in [0.25, 0.3) is 0 Å². The highest BCUT2D eigenvalue weighted by molar-refractivity contribution is 5.98. The molecule has 1 N–H and O–H groups in total. The SMILES string of the molecule is CCN1CC23C=CC(O2)C(C(=O)N2CCC4(CC2)NC(=O)c2ccccc2O4)C3C1=O. The second-order valence-corrected chi connectivity index (χ2v) is 9.12. The van der Waals surface area contributed by atoms with E-state index >= 15 is 0 Å². The molecule has 31 heavy (non-hydrogen) atoms. The summed E-state index contributed by atoms with van der Waals surface area (Å²) in [5, 5.41) is 3.00. The molecule has 0 radical (unpaired) electrons. The summed E-state index contributed by atoms with van der Waals surface area (Å²) < 4.78 is 12.4. The lowest BCUT2D eigenvalue weighted by Gasteiger charge is -2.45. The lowest BCUT2D eigenvalue weighted by molar-refractivity contribution is -0.146. The number of para-hydroxylation sites is 1. The topological polar surface area (TPSA) is 88.2 Å². The van der Waals surface area contributed by atoms with Crippen molar-refractivity contribution in [2.45, 2.75) is 37.2 Å². The first-order valence-corrected chi connectivity index (χ1v) is 11.0. The van der Waals surface area contributed by atoms with Crippen molar-refractivity contribution in [1.82, 2.24) is 15.1 Å². The summed E-state index contributed by atoms with van der Waals surface area (Å²) in [5.74, 6) is -0.512. The minimum Gasteiger partial charge on any atom is -0.467 e. The maximum Gasteiger partial charge on any atom is 0.258 e. The van der Waals surface area contributed by atoms with Gasteiger partial charge >= 0.3 is 0 Å². The number of ether oxygens (including phenoxy) is 2. The summed E-state index contributed by atoms with van der Waals surface area (Å²) in [7, 11) is 0. The molecule has 4 unspecified atom stereocenters. The first kappa shape index (κ1) is 18.9. The first-order valence-electron chi connectivity index (χ1n) is 11.0. The quantitative estimate of drug-likeness (QED) is 0.715. The van der Waals surface area contributed by atoms with E-state index in [-0.39, 0.29) is 23.8 Å². The van der Waals surface area contributed by atoms with E-state index in [2.05, 4.69) is 5.32 Å². The zero-order valence-electron chi connectivity index (χ0n) is 17.4. The van der Waals surface area contributed by atoms with Crippen LogP contribution in [0.1, 0.15) is 30.1 Å². The van der Waals surface area contributed by atoms with Crippen LogP contribution in [-0.4, -0.2) is 71.1 Å². The molecular formula is C23H25N3O5. The van der Waals surface area contributed by atoms with E-state index in [1.165, 1.54) is 0 Å². The van der Waals surface area contributed by atoms with Crippen molar-refractivity contribution in [2.24, 2.45) is 11.8 Å². The number of carbonyl (C=O) groups excluding carboxylic acids is 3. The van der Waals surface area contributed by atoms with Gasteiger partial charge in [-0.2, -0.15) is 0 Å². The largest absolute Gasteiger partial charge is 0.467 e. The van der Waals surface area contributed by atoms with Crippen LogP contribution < -0.4 is 10.1 Å². The molecule has 2 bridgehead atoms. The summed E-state index contributed by atoms with van der Waals surface area (Å²) in [5.41, 5.74) is -0.918. The lowest BCUT2D eigenvalue weighted by Crippen LogP contribution is -2.62. The van der Waals surface area contributed by atoms with Crippen molar-refractivity contribution in [3.63, 3.8) is 0 Å². The van der Waals surface area contributed by atoms with Crippen LogP contribution in [-0.2, 0) is 14.3 Å². The van der Waals surface area contributed by atoms with Gasteiger partial charge in [-0.25, -0.2) is 0 Å². The van der Waals surface area contributed by atoms with E-state index in [4.69, 9.17) is 9.47 Å². The van der Waals surface area contributed by atoms with Crippen LogP contribution in [0.3, 0.4) is 0 Å². The molecular weight excluding hydrogens is 398 g/mol. The number of likely N-dealkylation sites (N-methyl/N-ethyl adjacent to an activating group) is 1. The number of nitrogens with one attached hydrogen (secondary N) is 1. The van der Waals surface area contributed by atoms with Crippen LogP contribution in [0.15, 0.2) is 36.4 Å². The van der Waals surface area contributed by atoms with Gasteiger partial charge in [-0.15, -0.1) is 0 Å². The molecule has 5 aliphatic heterocycles. The summed E-state index contributed by atoms with van der Waals surface area (Å²) >= 11 is 0. The third kappa shape index (κ3) is 2.54. The number of hydrogen-bond donors (Lipinski definition) is 1. The molecule has 3 fully saturated rings. The standard InChI is InChI=1S/C23H25N3O5/c1-2-25-13-22-8-7-16(30-22)17(18(22)21(25)29)20(28)26-11-9-23(10-12-26)24-19(27)14-5-3-4-6-15(14)31-23/h3-8,16-18H,2,9-13H2,1H3,(H,24,27). The van der Waals surface area contributed by atoms with Gasteiger partial charge in [-0.1, -0.05) is 24.3 Å². The Kier molecular flexibility index (Phi) is 3.85. The summed E-state index contributed by atoms with van der Waals surface area (Å²) in [6.45, 7) is 4.00. The van der Waals surface area contributed by atoms with Gasteiger partial charge in [0.25, 0.3) is 5.91 Å². The lowest BCUT2D eigenvalue weighted by atomic mass is 9.76. The van der Waals surface area contributed by atoms with Gasteiger partial charge in [0.1, 0.15) is 11.4 Å². The number of hydrogen-bond acceptors (Lipinski definition) is 5. The Bertz CT molecular complexity index is 1010. The van der Waals surface area contributed by atoms with E-state index in [9.17, 15) is 14.4 Å². The number of nitrogens with zero attached hydrogens (tertiary/aromatic N) is 2. The van der Waals surface area contributed by atoms with Crippen molar-refractivity contribution in [3.8, 4) is 5.75 Å². The Morgan fingerprint density at radius 1 is 1.23 bits per heavy atom. The van der Waals surface area contributed by atoms with Crippen molar-refractivity contribution < 1.29 is 23.9 Å². The summed E-state index contributed by atoms with van der Waals surface area (Å²) in [4.78, 5) is 42.6. The van der Waals surface area contributed by atoms with E-state index in [1.807, 2.05) is 31.2 Å². The Morgan fingerprint density at radius 2 is 2.00 bits per heavy atom. The fourth-order valence-electron chi connectivity index (χ4n) is 5.91. The molecule has 1 aromatic carbocycles. The number of likely N-dealkylation sites (tertiary alicyclic amines) is 2. The fraction of sp³-hybridized carbons (Fsp3) is 0.522. The third-order valence-electron chi connectivity index (χ3n) is 7.51. The molecule has 2 spiro atoms. The third-order valence-corrected chi connectivity index (χ3v) is 7.51. The first-order chi connectivity index (χ1) is 15.0. The molecule has 1 aromatic rings. The second kappa shape index (κ2) is 6.32. The molecule has 4 atom stereocenters. The second-order valence-electron chi connectivity index (χ2n) is 9.12. The normalized spacial score (nSPS) is 34.5. The average molecular weight is 423 g/mol. The van der Waals surface area contributed by atoms with Gasteiger partial charge in [0.2, 0.25) is 11.8 Å². The van der Waals surface area contributed by atoms with Gasteiger partial charge in [0.15, 0.2) is 5.72 Å². The van der Waals surface area contributed by atoms with E-state index in [0.717, 1.165) is 0 Å². The van der Waals surface area contributed by atoms with Crippen LogP contribution >= 0.6 is 0 Å². The predicted molar refractivity (Wildman–Crippen MR) is 109 cm³/mol. The number of carbonyl (C=O) groups is 3. The molecule has 0 aliphatic carbocycles. The molecule has 6 rings (SSSR count). The predicted octanol–water partition coefficient (Wildman–Crippen LogP) is 0.929. The van der Waals surface area contributed by atoms with Crippen molar-refractivity contribution in [2.75, 3.05) is 26.2 Å². The highest BCUT2D eigenvalue weighted by atomic mass is 16.5. The van der Waals surface area contributed by atoms with Crippen LogP contribution in [0.5, 0.6) is 5.75 Å². The molecule has 0 saturated carbocycles. The van der Waals surface area contributed by atoms with E-state index < -0.39 is 23.2 Å². The summed E-state index contributed by atoms with van der Waals surface area (Å²) in [6.07, 6.45) is 4.58. The van der Waals surface area contributed by atoms with Gasteiger partial charge in [0.05, 0.1) is 30.0 Å². The van der Waals surface area contributed by atoms with Gasteiger partial charge < -0.3 is 24.6 Å². The smallest absolute Gasteiger partial charge is 0.258 e. The zero-order chi connectivity index (χ0) is 21.4. The molecule has 8 nitrogen and oxygen atoms in total. The monoisotopic (exact) mass is 423 g/mol. The Morgan fingerprint density at radius 3 is 2.77 bits per heavy atom. The number of fused-ring (bicyclic) bond motifs is 2. The van der Waals surface area contributed by atoms with Gasteiger partial charge in [0, 0.05) is 32.5 Å². The van der Waals surface area contributed by atoms with Gasteiger partial charge in [-0.05, 0) is 19.1 Å². The molecule has 3 saturated heterocycles. The average Bonchev–Trinajstić information content (AvgIpc) is 3.42. The summed E-state index contributed by atoms with van der Waals surface area (Å²) in [6, 6.07) is 7.20. The number of piperidine rings is 1. The molecule has 5 heterocycles. The van der Waals surface area contributed by atoms with E-state index in [0.29, 0.717) is 50.3 Å². The number of benzene rings is 1. The van der Waals surface area contributed by atoms with Crippen molar-refractivity contribution in [1.29, 1.82) is 0 Å². The Balaban J connectivity index is 1.19. The highest BCUT2D eigenvalue weighted by Gasteiger charge is 2.67. The molecule has 162 valence electrons. The fourth-order valence-corrected chi connectivity index (χ4v) is 5.91.